The molecule has 1 aliphatic rings. The van der Waals surface area contributed by atoms with Crippen LogP contribution in [0.1, 0.15) is 0 Å². The number of alkyl halides is 1. The van der Waals surface area contributed by atoms with E-state index in [-0.39, 0.29) is 5.84 Å². The lowest BCUT2D eigenvalue weighted by atomic mass is 10.7. The van der Waals surface area contributed by atoms with Gasteiger partial charge in [-0.25, -0.2) is 4.39 Å². The van der Waals surface area contributed by atoms with Crippen LogP contribution < -0.4 is 10.4 Å². The normalized spacial score (nSPS) is 16.4. The molecule has 1 aliphatic heterocycles. The quantitative estimate of drug-likeness (QED) is 0.456. The summed E-state index contributed by atoms with van der Waals surface area (Å²) < 4.78 is 11.4. The van der Waals surface area contributed by atoms with Crippen LogP contribution in [0.15, 0.2) is 5.10 Å². The first-order valence-electron chi connectivity index (χ1n) is 1.77. The Hall–Kier alpha value is -0.930. The van der Waals surface area contributed by atoms with Gasteiger partial charge in [0.1, 0.15) is 0 Å². The van der Waals surface area contributed by atoms with E-state index in [0.717, 1.165) is 0 Å². The predicted octanol–water partition coefficient (Wildman–Crippen LogP) is -0.886. The third kappa shape index (κ3) is 0.734. The molecule has 1 heterocycles. The number of hydrazone groups is 1. The fourth-order valence-electron chi connectivity index (χ4n) is 0.260. The van der Waals surface area contributed by atoms with Gasteiger partial charge in [-0.1, -0.05) is 4.99 Å². The van der Waals surface area contributed by atoms with Gasteiger partial charge in [-0.15, -0.1) is 5.43 Å². The van der Waals surface area contributed by atoms with Crippen LogP contribution in [0.5, 0.6) is 0 Å². The van der Waals surface area contributed by atoms with Crippen LogP contribution in [0.25, 0.3) is 0 Å². The fraction of sp³-hybridized carbons (Fsp3) is 0.333. The smallest absolute Gasteiger partial charge is 0.239 e. The van der Waals surface area contributed by atoms with Crippen molar-refractivity contribution in [2.45, 2.75) is 0 Å². The summed E-state index contributed by atoms with van der Waals surface area (Å²) in [4.78, 5) is 3.37. The van der Waals surface area contributed by atoms with Gasteiger partial charge in [-0.3, -0.25) is 0 Å². The summed E-state index contributed by atoms with van der Waals surface area (Å²) in [5.74, 6) is 0.222. The van der Waals surface area contributed by atoms with Crippen LogP contribution in [0, 0.1) is 0 Å². The molecule has 1 N–H and O–H groups in total. The summed E-state index contributed by atoms with van der Waals surface area (Å²) in [5.41, 5.74) is 2.30. The Kier molecular flexibility index (Phi) is 1.02. The first-order valence-corrected chi connectivity index (χ1v) is 1.77. The van der Waals surface area contributed by atoms with Crippen LogP contribution in [0.3, 0.4) is 0 Å². The predicted molar refractivity (Wildman–Crippen MR) is 23.7 cm³/mol. The number of aliphatic imine (C=N–C) groups is 1. The van der Waals surface area contributed by atoms with E-state index in [9.17, 15) is 4.39 Å². The second-order valence-electron chi connectivity index (χ2n) is 1.02. The Morgan fingerprint density at radius 2 is 2.86 bits per heavy atom. The van der Waals surface area contributed by atoms with Gasteiger partial charge in [0.2, 0.25) is 0 Å². The largest absolute Gasteiger partial charge is 0.418 e. The highest BCUT2D eigenvalue weighted by Gasteiger charge is 2.10. The minimum absolute atomic E-state index is 0.222. The number of hydrogen-bond donors (Lipinski definition) is 1. The van der Waals surface area contributed by atoms with Gasteiger partial charge < -0.3 is 0 Å². The summed E-state index contributed by atoms with van der Waals surface area (Å²) in [6, 6.07) is 0. The number of nitrogens with one attached hydrogen (secondary N) is 1. The van der Waals surface area contributed by atoms with Crippen molar-refractivity contribution in [2.75, 3.05) is 6.67 Å². The lowest BCUT2D eigenvalue weighted by Crippen LogP contribution is -2.18. The highest BCUT2D eigenvalue weighted by atomic mass is 19.1. The highest BCUT2D eigenvalue weighted by molar-refractivity contribution is 5.90. The van der Waals surface area contributed by atoms with Crippen LogP contribution in [-0.2, 0) is 0 Å². The molecule has 0 unspecified atom stereocenters. The molecule has 0 aromatic heterocycles. The third-order valence-corrected chi connectivity index (χ3v) is 0.546. The van der Waals surface area contributed by atoms with E-state index in [4.69, 9.17) is 0 Å². The zero-order valence-corrected chi connectivity index (χ0v) is 3.48. The molecule has 0 amide bonds. The van der Waals surface area contributed by atoms with E-state index < -0.39 is 6.67 Å². The SMILES string of the molecule is FCC1=[N+][C]=NN1. The van der Waals surface area contributed by atoms with Gasteiger partial charge in [-0.2, -0.15) is 0 Å². The highest BCUT2D eigenvalue weighted by Crippen LogP contribution is 1.71. The first-order chi connectivity index (χ1) is 3.43. The van der Waals surface area contributed by atoms with Crippen LogP contribution >= 0.6 is 0 Å². The van der Waals surface area contributed by atoms with Crippen LogP contribution in [-0.4, -0.2) is 18.8 Å². The number of nitrogens with zero attached hydrogens (tertiary/aromatic N) is 2. The van der Waals surface area contributed by atoms with Crippen molar-refractivity contribution in [2.24, 2.45) is 5.10 Å². The molecule has 0 aromatic rings. The maximum atomic E-state index is 11.4. The number of rotatable bonds is 1. The molecule has 0 spiro atoms. The Balaban J connectivity index is 2.45. The van der Waals surface area contributed by atoms with E-state index in [0.29, 0.717) is 0 Å². The monoisotopic (exact) mass is 100 g/mol. The average molecular weight is 100 g/mol. The van der Waals surface area contributed by atoms with E-state index in [2.05, 4.69) is 21.9 Å². The molecule has 0 bridgehead atoms. The molecular weight excluding hydrogens is 97.1 g/mol. The second-order valence-corrected chi connectivity index (χ2v) is 1.02. The van der Waals surface area contributed by atoms with Gasteiger partial charge in [0.15, 0.2) is 6.67 Å². The van der Waals surface area contributed by atoms with Crippen molar-refractivity contribution >= 4 is 12.2 Å². The molecule has 36 valence electrons. The van der Waals surface area contributed by atoms with Crippen LogP contribution in [0.4, 0.5) is 4.39 Å². The summed E-state index contributed by atoms with van der Waals surface area (Å²) >= 11 is 0. The molecule has 1 rings (SSSR count). The minimum Gasteiger partial charge on any atom is -0.239 e. The minimum atomic E-state index is -0.601. The zero-order valence-electron chi connectivity index (χ0n) is 3.48. The molecule has 0 saturated carbocycles. The molecule has 4 heteroatoms. The van der Waals surface area contributed by atoms with Crippen molar-refractivity contribution in [3.05, 3.63) is 0 Å². The van der Waals surface area contributed by atoms with Gasteiger partial charge in [0.25, 0.3) is 5.84 Å². The molecule has 0 fully saturated rings. The van der Waals surface area contributed by atoms with E-state index >= 15 is 0 Å². The average Bonchev–Trinajstić information content (AvgIpc) is 2.14. The lowest BCUT2D eigenvalue weighted by molar-refractivity contribution is 0.572. The molecule has 3 nitrogen and oxygen atoms in total. The first kappa shape index (κ1) is 4.23. The maximum Gasteiger partial charge on any atom is 0.418 e. The van der Waals surface area contributed by atoms with Gasteiger partial charge >= 0.3 is 6.34 Å². The van der Waals surface area contributed by atoms with Crippen molar-refractivity contribution in [3.8, 4) is 0 Å². The molecule has 0 saturated heterocycles. The van der Waals surface area contributed by atoms with Gasteiger partial charge in [0, 0.05) is 0 Å². The molecule has 7 heavy (non-hydrogen) atoms. The Bertz CT molecular complexity index is 117. The summed E-state index contributed by atoms with van der Waals surface area (Å²) in [6.45, 7) is -0.601. The second kappa shape index (κ2) is 1.68. The standard InChI is InChI=1S/C3H3FN3/c4-1-3-5-2-6-7-3/h1H2,(H,6,7)/q+1. The maximum absolute atomic E-state index is 11.4. The molecular formula is C3H3FN3+. The third-order valence-electron chi connectivity index (χ3n) is 0.546. The molecule has 2 radical (unpaired) electrons. The Labute approximate surface area is 39.9 Å². The number of hydrogen-bond acceptors (Lipinski definition) is 3. The summed E-state index contributed by atoms with van der Waals surface area (Å²) in [6.07, 6.45) is 2.19. The van der Waals surface area contributed by atoms with Gasteiger partial charge in [0.05, 0.1) is 5.10 Å². The van der Waals surface area contributed by atoms with Gasteiger partial charge in [-0.05, 0) is 0 Å². The zero-order chi connectivity index (χ0) is 5.11. The Morgan fingerprint density at radius 3 is 3.14 bits per heavy atom. The topological polar surface area (TPSA) is 38.5 Å². The number of halogens is 1. The molecule has 0 aliphatic carbocycles. The molecule has 0 aromatic carbocycles. The summed E-state index contributed by atoms with van der Waals surface area (Å²) in [5, 5.41) is 3.29. The summed E-state index contributed by atoms with van der Waals surface area (Å²) in [7, 11) is 0. The van der Waals surface area contributed by atoms with E-state index in [1.807, 2.05) is 0 Å². The lowest BCUT2D eigenvalue weighted by Gasteiger charge is -1.74. The van der Waals surface area contributed by atoms with Crippen molar-refractivity contribution in [1.82, 2.24) is 10.4 Å². The number of amidine groups is 1. The van der Waals surface area contributed by atoms with Crippen LogP contribution in [0.2, 0.25) is 0 Å². The van der Waals surface area contributed by atoms with Crippen molar-refractivity contribution < 1.29 is 4.39 Å². The van der Waals surface area contributed by atoms with Crippen molar-refractivity contribution in [3.63, 3.8) is 0 Å². The Morgan fingerprint density at radius 1 is 2.00 bits per heavy atom. The van der Waals surface area contributed by atoms with Crippen molar-refractivity contribution in [1.29, 1.82) is 0 Å². The molecule has 0 atom stereocenters. The fourth-order valence-corrected chi connectivity index (χ4v) is 0.260. The van der Waals surface area contributed by atoms with E-state index in [1.54, 1.807) is 0 Å². The van der Waals surface area contributed by atoms with E-state index in [1.165, 1.54) is 0 Å².